The van der Waals surface area contributed by atoms with Crippen LogP contribution in [-0.4, -0.2) is 32.1 Å². The molecule has 0 bridgehead atoms. The van der Waals surface area contributed by atoms with E-state index in [1.54, 1.807) is 18.2 Å². The van der Waals surface area contributed by atoms with Crippen LogP contribution in [0.15, 0.2) is 60.9 Å². The van der Waals surface area contributed by atoms with Crippen molar-refractivity contribution in [2.45, 2.75) is 6.61 Å². The second-order valence-corrected chi connectivity index (χ2v) is 6.28. The average Bonchev–Trinajstić information content (AvgIpc) is 3.18. The maximum Gasteiger partial charge on any atom is 0.435 e. The van der Waals surface area contributed by atoms with E-state index in [1.807, 2.05) is 30.3 Å². The average molecular weight is 393 g/mol. The standard InChI is InChI=1S/C20H13ClN4O3/c21-16-10-22-18(11-26)24-19(16)14-7-4-8-17-15(14)9-23-25(17)20(27)28-12-13-5-2-1-3-6-13/h1-11H,12H2. The molecule has 0 aliphatic rings. The first-order valence-corrected chi connectivity index (χ1v) is 8.71. The first kappa shape index (κ1) is 17.8. The Bertz CT molecular complexity index is 1170. The molecule has 0 N–H and O–H groups in total. The fourth-order valence-corrected chi connectivity index (χ4v) is 3.00. The van der Waals surface area contributed by atoms with Gasteiger partial charge in [0.25, 0.3) is 0 Å². The number of benzene rings is 2. The van der Waals surface area contributed by atoms with Crippen molar-refractivity contribution in [1.29, 1.82) is 0 Å². The number of halogens is 1. The lowest BCUT2D eigenvalue weighted by Crippen LogP contribution is -2.14. The van der Waals surface area contributed by atoms with Gasteiger partial charge in [-0.05, 0) is 11.6 Å². The number of fused-ring (bicyclic) bond motifs is 1. The molecule has 0 radical (unpaired) electrons. The molecule has 2 heterocycles. The number of hydrogen-bond donors (Lipinski definition) is 0. The third-order valence-electron chi connectivity index (χ3n) is 4.11. The van der Waals surface area contributed by atoms with Crippen molar-refractivity contribution in [3.63, 3.8) is 0 Å². The summed E-state index contributed by atoms with van der Waals surface area (Å²) >= 11 is 6.22. The van der Waals surface area contributed by atoms with Gasteiger partial charge in [0.15, 0.2) is 12.1 Å². The number of nitrogens with zero attached hydrogens (tertiary/aromatic N) is 4. The quantitative estimate of drug-likeness (QED) is 0.485. The van der Waals surface area contributed by atoms with Crippen molar-refractivity contribution >= 4 is 34.9 Å². The minimum atomic E-state index is -0.599. The monoisotopic (exact) mass is 392 g/mol. The minimum Gasteiger partial charge on any atom is -0.443 e. The van der Waals surface area contributed by atoms with Crippen LogP contribution in [0.4, 0.5) is 4.79 Å². The first-order valence-electron chi connectivity index (χ1n) is 8.33. The summed E-state index contributed by atoms with van der Waals surface area (Å²) in [7, 11) is 0. The van der Waals surface area contributed by atoms with Gasteiger partial charge in [0.2, 0.25) is 0 Å². The summed E-state index contributed by atoms with van der Waals surface area (Å²) in [5, 5.41) is 5.09. The molecule has 0 atom stereocenters. The van der Waals surface area contributed by atoms with Gasteiger partial charge < -0.3 is 4.74 Å². The number of aromatic nitrogens is 4. The molecule has 0 fully saturated rings. The fraction of sp³-hybridized carbons (Fsp3) is 0.0500. The van der Waals surface area contributed by atoms with Crippen LogP contribution in [0.1, 0.15) is 16.2 Å². The summed E-state index contributed by atoms with van der Waals surface area (Å²) in [5.74, 6) is 0.0195. The minimum absolute atomic E-state index is 0.0195. The Morgan fingerprint density at radius 3 is 2.71 bits per heavy atom. The van der Waals surface area contributed by atoms with Gasteiger partial charge in [-0.15, -0.1) is 0 Å². The molecule has 2 aromatic heterocycles. The normalized spacial score (nSPS) is 10.8. The predicted octanol–water partition coefficient (Wildman–Crippen LogP) is 4.14. The summed E-state index contributed by atoms with van der Waals surface area (Å²) in [6.07, 6.45) is 2.85. The van der Waals surface area contributed by atoms with Gasteiger partial charge in [-0.3, -0.25) is 4.79 Å². The van der Waals surface area contributed by atoms with Gasteiger partial charge in [-0.25, -0.2) is 14.8 Å². The van der Waals surface area contributed by atoms with Crippen LogP contribution in [-0.2, 0) is 11.3 Å². The predicted molar refractivity (Wildman–Crippen MR) is 103 cm³/mol. The van der Waals surface area contributed by atoms with Crippen molar-refractivity contribution in [2.75, 3.05) is 0 Å². The highest BCUT2D eigenvalue weighted by Gasteiger charge is 2.17. The van der Waals surface area contributed by atoms with Crippen molar-refractivity contribution in [3.05, 3.63) is 77.3 Å². The Balaban J connectivity index is 1.69. The van der Waals surface area contributed by atoms with E-state index in [-0.39, 0.29) is 17.5 Å². The van der Waals surface area contributed by atoms with Crippen LogP contribution in [0, 0.1) is 0 Å². The third kappa shape index (κ3) is 3.35. The molecule has 4 rings (SSSR count). The van der Waals surface area contributed by atoms with Gasteiger partial charge in [-0.2, -0.15) is 9.78 Å². The Morgan fingerprint density at radius 1 is 1.11 bits per heavy atom. The van der Waals surface area contributed by atoms with E-state index >= 15 is 0 Å². The van der Waals surface area contributed by atoms with Gasteiger partial charge in [0, 0.05) is 10.9 Å². The van der Waals surface area contributed by atoms with Crippen molar-refractivity contribution < 1.29 is 14.3 Å². The maximum atomic E-state index is 12.5. The van der Waals surface area contributed by atoms with E-state index in [4.69, 9.17) is 16.3 Å². The molecule has 138 valence electrons. The Morgan fingerprint density at radius 2 is 1.93 bits per heavy atom. The fourth-order valence-electron chi connectivity index (χ4n) is 2.81. The topological polar surface area (TPSA) is 87.0 Å². The van der Waals surface area contributed by atoms with Crippen LogP contribution in [0.25, 0.3) is 22.2 Å². The Kier molecular flexibility index (Phi) is 4.82. The molecule has 0 unspecified atom stereocenters. The van der Waals surface area contributed by atoms with Crippen molar-refractivity contribution in [2.24, 2.45) is 0 Å². The summed E-state index contributed by atoms with van der Waals surface area (Å²) in [6, 6.07) is 14.7. The number of rotatable bonds is 4. The van der Waals surface area contributed by atoms with Gasteiger partial charge in [0.05, 0.1) is 28.6 Å². The van der Waals surface area contributed by atoms with E-state index in [0.717, 1.165) is 5.56 Å². The number of carbonyl (C=O) groups excluding carboxylic acids is 2. The summed E-state index contributed by atoms with van der Waals surface area (Å²) < 4.78 is 6.53. The van der Waals surface area contributed by atoms with E-state index < -0.39 is 6.09 Å². The molecule has 0 aliphatic heterocycles. The lowest BCUT2D eigenvalue weighted by Gasteiger charge is -2.07. The molecule has 4 aromatic rings. The number of ether oxygens (including phenoxy) is 1. The van der Waals surface area contributed by atoms with E-state index in [9.17, 15) is 9.59 Å². The highest BCUT2D eigenvalue weighted by Crippen LogP contribution is 2.31. The molecule has 8 heteroatoms. The van der Waals surface area contributed by atoms with E-state index in [0.29, 0.717) is 28.4 Å². The molecule has 0 saturated heterocycles. The molecule has 28 heavy (non-hydrogen) atoms. The van der Waals surface area contributed by atoms with Crippen LogP contribution >= 0.6 is 11.6 Å². The van der Waals surface area contributed by atoms with Crippen LogP contribution < -0.4 is 0 Å². The van der Waals surface area contributed by atoms with Crippen LogP contribution in [0.2, 0.25) is 5.02 Å². The maximum absolute atomic E-state index is 12.5. The van der Waals surface area contributed by atoms with Gasteiger partial charge >= 0.3 is 6.09 Å². The molecule has 0 saturated carbocycles. The second kappa shape index (κ2) is 7.58. The highest BCUT2D eigenvalue weighted by atomic mass is 35.5. The molecule has 0 spiro atoms. The van der Waals surface area contributed by atoms with Gasteiger partial charge in [-0.1, -0.05) is 54.1 Å². The van der Waals surface area contributed by atoms with Crippen molar-refractivity contribution in [3.8, 4) is 11.3 Å². The number of hydrogen-bond acceptors (Lipinski definition) is 6. The van der Waals surface area contributed by atoms with E-state index in [2.05, 4.69) is 15.1 Å². The number of carbonyl (C=O) groups is 2. The zero-order valence-corrected chi connectivity index (χ0v) is 15.2. The molecule has 7 nitrogen and oxygen atoms in total. The number of aldehydes is 1. The summed E-state index contributed by atoms with van der Waals surface area (Å²) in [6.45, 7) is 0.140. The zero-order chi connectivity index (χ0) is 19.5. The molecular formula is C20H13ClN4O3. The van der Waals surface area contributed by atoms with E-state index in [1.165, 1.54) is 17.1 Å². The molecular weight excluding hydrogens is 380 g/mol. The first-order chi connectivity index (χ1) is 13.7. The Hall–Kier alpha value is -3.58. The Labute approximate surface area is 164 Å². The lowest BCUT2D eigenvalue weighted by atomic mass is 10.1. The van der Waals surface area contributed by atoms with Gasteiger partial charge in [0.1, 0.15) is 6.61 Å². The second-order valence-electron chi connectivity index (χ2n) is 5.88. The highest BCUT2D eigenvalue weighted by molar-refractivity contribution is 6.33. The molecule has 0 amide bonds. The largest absolute Gasteiger partial charge is 0.443 e. The summed E-state index contributed by atoms with van der Waals surface area (Å²) in [5.41, 5.74) is 2.44. The zero-order valence-electron chi connectivity index (χ0n) is 14.4. The van der Waals surface area contributed by atoms with Crippen molar-refractivity contribution in [1.82, 2.24) is 19.7 Å². The van der Waals surface area contributed by atoms with Crippen LogP contribution in [0.5, 0.6) is 0 Å². The third-order valence-corrected chi connectivity index (χ3v) is 4.39. The molecule has 0 aliphatic carbocycles. The smallest absolute Gasteiger partial charge is 0.435 e. The lowest BCUT2D eigenvalue weighted by molar-refractivity contribution is 0.111. The summed E-state index contributed by atoms with van der Waals surface area (Å²) in [4.78, 5) is 31.5. The SMILES string of the molecule is O=Cc1ncc(Cl)c(-c2cccc3c2cnn3C(=O)OCc2ccccc2)n1. The van der Waals surface area contributed by atoms with Crippen LogP contribution in [0.3, 0.4) is 0 Å². The molecule has 2 aromatic carbocycles.